The number of allylic oxidation sites excluding steroid dienone is 1. The number of fused-ring (bicyclic) bond motifs is 1. The van der Waals surface area contributed by atoms with E-state index in [0.29, 0.717) is 17.7 Å². The van der Waals surface area contributed by atoms with Gasteiger partial charge in [0.2, 0.25) is 5.89 Å². The number of nitrogens with zero attached hydrogens (tertiary/aromatic N) is 3. The average molecular weight is 352 g/mol. The maximum atomic E-state index is 6.13. The summed E-state index contributed by atoms with van der Waals surface area (Å²) in [5, 5.41) is 12.3. The number of rotatable bonds is 5. The third-order valence-electron chi connectivity index (χ3n) is 3.67. The third kappa shape index (κ3) is 3.93. The summed E-state index contributed by atoms with van der Waals surface area (Å²) >= 11 is 0. The van der Waals surface area contributed by atoms with E-state index >= 15 is 0 Å². The molecule has 3 aromatic rings. The summed E-state index contributed by atoms with van der Waals surface area (Å²) in [5.41, 5.74) is 8.60. The zero-order valence-corrected chi connectivity index (χ0v) is 15.5. The van der Waals surface area contributed by atoms with Crippen LogP contribution in [0.1, 0.15) is 39.7 Å². The maximum Gasteiger partial charge on any atom is 0.316 e. The van der Waals surface area contributed by atoms with Crippen LogP contribution in [0, 0.1) is 0 Å². The Morgan fingerprint density at radius 1 is 1.35 bits per heavy atom. The summed E-state index contributed by atoms with van der Waals surface area (Å²) in [6.45, 7) is 8.14. The highest BCUT2D eigenvalue weighted by molar-refractivity contribution is 6.09. The van der Waals surface area contributed by atoms with Crippen LogP contribution in [-0.4, -0.2) is 26.6 Å². The predicted molar refractivity (Wildman–Crippen MR) is 105 cm³/mol. The van der Waals surface area contributed by atoms with Crippen LogP contribution in [0.5, 0.6) is 0 Å². The lowest BCUT2D eigenvalue weighted by molar-refractivity contribution is 0.538. The Hall–Kier alpha value is -3.09. The summed E-state index contributed by atoms with van der Waals surface area (Å²) in [6, 6.07) is 6.26. The van der Waals surface area contributed by atoms with Gasteiger partial charge < -0.3 is 20.5 Å². The molecular weight excluding hydrogens is 328 g/mol. The van der Waals surface area contributed by atoms with Crippen molar-refractivity contribution in [1.29, 1.82) is 0 Å². The van der Waals surface area contributed by atoms with Gasteiger partial charge in [0, 0.05) is 40.0 Å². The lowest BCUT2D eigenvalue weighted by Gasteiger charge is -2.17. The summed E-state index contributed by atoms with van der Waals surface area (Å²) in [4.78, 5) is 7.50. The average Bonchev–Trinajstić information content (AvgIpc) is 3.19. The summed E-state index contributed by atoms with van der Waals surface area (Å²) in [7, 11) is 0. The molecule has 0 saturated heterocycles. The molecule has 1 aromatic carbocycles. The zero-order valence-electron chi connectivity index (χ0n) is 15.5. The Labute approximate surface area is 152 Å². The molecule has 0 radical (unpaired) electrons. The number of aromatic amines is 1. The second kappa shape index (κ2) is 7.03. The van der Waals surface area contributed by atoms with Crippen LogP contribution >= 0.6 is 0 Å². The molecule has 2 heterocycles. The minimum atomic E-state index is -0.154. The molecule has 0 fully saturated rings. The summed E-state index contributed by atoms with van der Waals surface area (Å²) in [5.74, 6) is 0.908. The van der Waals surface area contributed by atoms with Gasteiger partial charge in [-0.1, -0.05) is 18.1 Å². The van der Waals surface area contributed by atoms with Crippen molar-refractivity contribution >= 4 is 22.8 Å². The number of anilines is 1. The Morgan fingerprint density at radius 2 is 2.15 bits per heavy atom. The van der Waals surface area contributed by atoms with Crippen LogP contribution in [0.3, 0.4) is 0 Å². The van der Waals surface area contributed by atoms with Crippen LogP contribution in [0.15, 0.2) is 46.1 Å². The fourth-order valence-electron chi connectivity index (χ4n) is 2.48. The van der Waals surface area contributed by atoms with Gasteiger partial charge in [-0.2, -0.15) is 0 Å². The van der Waals surface area contributed by atoms with E-state index in [1.165, 1.54) is 0 Å². The maximum absolute atomic E-state index is 6.13. The Kier molecular flexibility index (Phi) is 4.79. The van der Waals surface area contributed by atoms with Gasteiger partial charge in [-0.3, -0.25) is 0 Å². The van der Waals surface area contributed by atoms with E-state index in [2.05, 4.69) is 25.5 Å². The Morgan fingerprint density at radius 3 is 2.88 bits per heavy atom. The minimum absolute atomic E-state index is 0.154. The van der Waals surface area contributed by atoms with E-state index in [1.54, 1.807) is 6.20 Å². The van der Waals surface area contributed by atoms with Crippen molar-refractivity contribution in [3.05, 3.63) is 42.2 Å². The highest BCUT2D eigenvalue weighted by Gasteiger charge is 2.16. The fraction of sp³-hybridized carbons (Fsp3) is 0.316. The normalized spacial score (nSPS) is 13.0. The molecule has 0 aliphatic rings. The molecule has 0 amide bonds. The van der Waals surface area contributed by atoms with Crippen LogP contribution in [0.25, 0.3) is 22.4 Å². The Balaban J connectivity index is 1.95. The van der Waals surface area contributed by atoms with Crippen molar-refractivity contribution in [2.45, 2.75) is 39.7 Å². The molecule has 0 saturated carbocycles. The van der Waals surface area contributed by atoms with Gasteiger partial charge in [0.15, 0.2) is 0 Å². The number of amidine groups is 1. The molecule has 4 N–H and O–H groups in total. The number of H-pyrrole nitrogens is 1. The molecule has 136 valence electrons. The molecule has 0 atom stereocenters. The standard InChI is InChI=1S/C19H24N6O/c1-5-6-9-21-16(20)14-11-22-15-8-7-12(10-13(14)15)17-24-25-18(26-17)23-19(2,3)4/h6-11,22H,5H2,1-4H3,(H2,20,21)(H,23,25)/b9-6-. The molecule has 7 heteroatoms. The van der Waals surface area contributed by atoms with Crippen LogP contribution in [0.2, 0.25) is 0 Å². The lowest BCUT2D eigenvalue weighted by Crippen LogP contribution is -2.26. The van der Waals surface area contributed by atoms with Gasteiger partial charge in [0.25, 0.3) is 0 Å². The van der Waals surface area contributed by atoms with E-state index in [9.17, 15) is 0 Å². The van der Waals surface area contributed by atoms with E-state index < -0.39 is 0 Å². The number of hydrogen-bond acceptors (Lipinski definition) is 5. The smallest absolute Gasteiger partial charge is 0.316 e. The molecule has 3 rings (SSSR count). The van der Waals surface area contributed by atoms with Gasteiger partial charge in [0.1, 0.15) is 5.84 Å². The summed E-state index contributed by atoms with van der Waals surface area (Å²) < 4.78 is 5.73. The molecule has 0 unspecified atom stereocenters. The van der Waals surface area contributed by atoms with Crippen molar-refractivity contribution in [3.8, 4) is 11.5 Å². The number of aliphatic imine (C=N–C) groups is 1. The first-order chi connectivity index (χ1) is 12.4. The van der Waals surface area contributed by atoms with Gasteiger partial charge in [-0.15, -0.1) is 5.10 Å². The topological polar surface area (TPSA) is 105 Å². The van der Waals surface area contributed by atoms with Gasteiger partial charge in [-0.25, -0.2) is 4.99 Å². The lowest BCUT2D eigenvalue weighted by atomic mass is 10.1. The van der Waals surface area contributed by atoms with Crippen LogP contribution in [-0.2, 0) is 0 Å². The summed E-state index contributed by atoms with van der Waals surface area (Å²) in [6.07, 6.45) is 6.44. The van der Waals surface area contributed by atoms with Crippen molar-refractivity contribution in [2.75, 3.05) is 5.32 Å². The molecule has 0 aliphatic carbocycles. The van der Waals surface area contributed by atoms with E-state index in [1.807, 2.05) is 58.2 Å². The first-order valence-corrected chi connectivity index (χ1v) is 8.59. The SMILES string of the molecule is CC/C=C\N=C(N)c1c[nH]c2ccc(-c3nnc(NC(C)(C)C)o3)cc12. The van der Waals surface area contributed by atoms with Gasteiger partial charge >= 0.3 is 6.01 Å². The highest BCUT2D eigenvalue weighted by Crippen LogP contribution is 2.27. The molecule has 0 aliphatic heterocycles. The van der Waals surface area contributed by atoms with Gasteiger partial charge in [0.05, 0.1) is 0 Å². The second-order valence-corrected chi connectivity index (χ2v) is 7.06. The number of nitrogens with two attached hydrogens (primary N) is 1. The number of hydrogen-bond donors (Lipinski definition) is 3. The molecule has 7 nitrogen and oxygen atoms in total. The fourth-order valence-corrected chi connectivity index (χ4v) is 2.48. The van der Waals surface area contributed by atoms with E-state index in [4.69, 9.17) is 10.2 Å². The highest BCUT2D eigenvalue weighted by atomic mass is 16.4. The van der Waals surface area contributed by atoms with E-state index in [-0.39, 0.29) is 5.54 Å². The first kappa shape index (κ1) is 17.7. The number of aromatic nitrogens is 3. The number of nitrogens with one attached hydrogen (secondary N) is 2. The van der Waals surface area contributed by atoms with E-state index in [0.717, 1.165) is 28.5 Å². The molecule has 0 bridgehead atoms. The van der Waals surface area contributed by atoms with Crippen molar-refractivity contribution in [2.24, 2.45) is 10.7 Å². The number of benzene rings is 1. The van der Waals surface area contributed by atoms with Crippen LogP contribution in [0.4, 0.5) is 6.01 Å². The Bertz CT molecular complexity index is 958. The second-order valence-electron chi connectivity index (χ2n) is 7.06. The van der Waals surface area contributed by atoms with Crippen LogP contribution < -0.4 is 11.1 Å². The zero-order chi connectivity index (χ0) is 18.7. The molecular formula is C19H24N6O. The predicted octanol–water partition coefficient (Wildman–Crippen LogP) is 4.06. The first-order valence-electron chi connectivity index (χ1n) is 8.59. The van der Waals surface area contributed by atoms with Crippen molar-refractivity contribution < 1.29 is 4.42 Å². The largest absolute Gasteiger partial charge is 0.403 e. The minimum Gasteiger partial charge on any atom is -0.403 e. The third-order valence-corrected chi connectivity index (χ3v) is 3.67. The quantitative estimate of drug-likeness (QED) is 0.474. The van der Waals surface area contributed by atoms with Crippen molar-refractivity contribution in [3.63, 3.8) is 0 Å². The monoisotopic (exact) mass is 352 g/mol. The van der Waals surface area contributed by atoms with Crippen molar-refractivity contribution in [1.82, 2.24) is 15.2 Å². The molecule has 2 aromatic heterocycles. The van der Waals surface area contributed by atoms with Gasteiger partial charge in [-0.05, 0) is 45.4 Å². The molecule has 26 heavy (non-hydrogen) atoms. The molecule has 0 spiro atoms.